The second-order valence-corrected chi connectivity index (χ2v) is 6.57. The number of aromatic amines is 1. The summed E-state index contributed by atoms with van der Waals surface area (Å²) in [5.74, 6) is -0.682. The topological polar surface area (TPSA) is 171 Å². The Morgan fingerprint density at radius 2 is 2.31 bits per heavy atom. The highest BCUT2D eigenvalue weighted by molar-refractivity contribution is 5.76. The number of H-pyrrole nitrogens is 1. The fourth-order valence-electron chi connectivity index (χ4n) is 2.81. The summed E-state index contributed by atoms with van der Waals surface area (Å²) in [5, 5.41) is 9.55. The van der Waals surface area contributed by atoms with E-state index in [0.717, 1.165) is 0 Å². The number of imidazole rings is 1. The number of aromatic nitrogens is 4. The number of hydrogen-bond donors (Lipinski definition) is 4. The molecule has 2 aromatic rings. The number of fused-ring (bicyclic) bond motifs is 1. The van der Waals surface area contributed by atoms with Gasteiger partial charge in [-0.05, 0) is 5.92 Å². The van der Waals surface area contributed by atoms with Crippen molar-refractivity contribution in [3.05, 3.63) is 16.7 Å². The molecule has 1 fully saturated rings. The van der Waals surface area contributed by atoms with E-state index in [9.17, 15) is 14.7 Å². The summed E-state index contributed by atoms with van der Waals surface area (Å²) in [6.07, 6.45) is -0.380. The molecule has 142 valence electrons. The quantitative estimate of drug-likeness (QED) is 0.478. The van der Waals surface area contributed by atoms with Gasteiger partial charge >= 0.3 is 5.97 Å². The second-order valence-electron chi connectivity index (χ2n) is 6.57. The van der Waals surface area contributed by atoms with Gasteiger partial charge in [-0.3, -0.25) is 19.1 Å². The van der Waals surface area contributed by atoms with E-state index in [1.807, 2.05) is 13.8 Å². The predicted octanol–water partition coefficient (Wildman–Crippen LogP) is -1.12. The van der Waals surface area contributed by atoms with Crippen LogP contribution in [0.2, 0.25) is 0 Å². The summed E-state index contributed by atoms with van der Waals surface area (Å²) in [4.78, 5) is 34.5. The number of nitrogens with zero attached hydrogens (tertiary/aromatic N) is 3. The Labute approximate surface area is 148 Å². The van der Waals surface area contributed by atoms with Crippen molar-refractivity contribution < 1.29 is 19.4 Å². The second kappa shape index (κ2) is 7.02. The molecule has 0 aromatic carbocycles. The van der Waals surface area contributed by atoms with Crippen LogP contribution in [0.1, 0.15) is 26.5 Å². The maximum Gasteiger partial charge on any atom is 0.323 e. The third-order valence-corrected chi connectivity index (χ3v) is 4.38. The van der Waals surface area contributed by atoms with Gasteiger partial charge in [0, 0.05) is 6.42 Å². The minimum Gasteiger partial charge on any atom is -0.458 e. The number of aliphatic hydroxyl groups is 1. The molecule has 3 rings (SSSR count). The molecule has 0 aliphatic carbocycles. The highest BCUT2D eigenvalue weighted by Crippen LogP contribution is 2.32. The van der Waals surface area contributed by atoms with Crippen molar-refractivity contribution in [2.75, 3.05) is 12.3 Å². The zero-order valence-electron chi connectivity index (χ0n) is 14.5. The van der Waals surface area contributed by atoms with Gasteiger partial charge in [0.2, 0.25) is 5.95 Å². The highest BCUT2D eigenvalue weighted by Gasteiger charge is 2.40. The summed E-state index contributed by atoms with van der Waals surface area (Å²) in [5.41, 5.74) is 11.3. The smallest absolute Gasteiger partial charge is 0.323 e. The number of nitrogens with two attached hydrogens (primary N) is 2. The Kier molecular flexibility index (Phi) is 4.94. The van der Waals surface area contributed by atoms with Gasteiger partial charge in [0.15, 0.2) is 11.2 Å². The number of nitrogens with one attached hydrogen (secondary N) is 1. The standard InChI is InChI=1S/C15H22N6O5/c1-6(2)10(16)14(24)26-7-3-9(25-8(7)4-22)21-5-18-11-12(21)19-15(17)20-13(11)23/h5-10,22H,3-4,16H2,1-2H3,(H3,17,19,20,23)/t7-,8-,9-,10+/m1/s1. The average molecular weight is 366 g/mol. The largest absolute Gasteiger partial charge is 0.458 e. The van der Waals surface area contributed by atoms with Crippen LogP contribution < -0.4 is 17.0 Å². The van der Waals surface area contributed by atoms with Gasteiger partial charge in [-0.15, -0.1) is 0 Å². The van der Waals surface area contributed by atoms with Gasteiger partial charge in [0.05, 0.1) is 12.9 Å². The maximum absolute atomic E-state index is 12.1. The summed E-state index contributed by atoms with van der Waals surface area (Å²) >= 11 is 0. The third-order valence-electron chi connectivity index (χ3n) is 4.38. The van der Waals surface area contributed by atoms with Gasteiger partial charge in [0.25, 0.3) is 5.56 Å². The maximum atomic E-state index is 12.1. The highest BCUT2D eigenvalue weighted by atomic mass is 16.6. The van der Waals surface area contributed by atoms with Crippen LogP contribution in [0, 0.1) is 5.92 Å². The van der Waals surface area contributed by atoms with E-state index in [0.29, 0.717) is 0 Å². The van der Waals surface area contributed by atoms with E-state index in [1.165, 1.54) is 10.9 Å². The molecule has 2 aromatic heterocycles. The first-order valence-corrected chi connectivity index (χ1v) is 8.26. The number of hydrogen-bond acceptors (Lipinski definition) is 9. The zero-order valence-corrected chi connectivity index (χ0v) is 14.5. The molecule has 11 heteroatoms. The first kappa shape index (κ1) is 18.3. The van der Waals surface area contributed by atoms with Gasteiger partial charge in [-0.25, -0.2) is 4.98 Å². The Morgan fingerprint density at radius 1 is 1.58 bits per heavy atom. The molecular weight excluding hydrogens is 344 g/mol. The number of ether oxygens (including phenoxy) is 2. The number of esters is 1. The van der Waals surface area contributed by atoms with Crippen molar-refractivity contribution in [3.8, 4) is 0 Å². The van der Waals surface area contributed by atoms with E-state index in [1.54, 1.807) is 0 Å². The van der Waals surface area contributed by atoms with E-state index in [2.05, 4.69) is 15.0 Å². The molecule has 0 radical (unpaired) electrons. The van der Waals surface area contributed by atoms with E-state index in [4.69, 9.17) is 20.9 Å². The van der Waals surface area contributed by atoms with Crippen LogP contribution in [0.25, 0.3) is 11.2 Å². The molecule has 11 nitrogen and oxygen atoms in total. The van der Waals surface area contributed by atoms with E-state index >= 15 is 0 Å². The number of carbonyl (C=O) groups excluding carboxylic acids is 1. The lowest BCUT2D eigenvalue weighted by Gasteiger charge is -2.20. The number of carbonyl (C=O) groups is 1. The molecule has 26 heavy (non-hydrogen) atoms. The fraction of sp³-hybridized carbons (Fsp3) is 0.600. The van der Waals surface area contributed by atoms with Crippen molar-refractivity contribution in [1.82, 2.24) is 19.5 Å². The molecule has 3 heterocycles. The van der Waals surface area contributed by atoms with E-state index < -0.39 is 36.0 Å². The molecule has 0 bridgehead atoms. The lowest BCUT2D eigenvalue weighted by Crippen LogP contribution is -2.41. The first-order valence-electron chi connectivity index (χ1n) is 8.26. The predicted molar refractivity (Wildman–Crippen MR) is 90.9 cm³/mol. The van der Waals surface area contributed by atoms with Crippen molar-refractivity contribution >= 4 is 23.1 Å². The Hall–Kier alpha value is -2.50. The Balaban J connectivity index is 1.83. The summed E-state index contributed by atoms with van der Waals surface area (Å²) < 4.78 is 12.7. The van der Waals surface area contributed by atoms with Gasteiger partial charge in [0.1, 0.15) is 24.5 Å². The summed E-state index contributed by atoms with van der Waals surface area (Å²) in [7, 11) is 0. The monoisotopic (exact) mass is 366 g/mol. The number of aliphatic hydroxyl groups excluding tert-OH is 1. The van der Waals surface area contributed by atoms with Crippen LogP contribution in [-0.4, -0.2) is 55.5 Å². The van der Waals surface area contributed by atoms with Crippen molar-refractivity contribution in [2.24, 2.45) is 11.7 Å². The molecule has 0 saturated carbocycles. The molecule has 6 N–H and O–H groups in total. The minimum absolute atomic E-state index is 0.0492. The summed E-state index contributed by atoms with van der Waals surface area (Å²) in [6.45, 7) is 3.29. The lowest BCUT2D eigenvalue weighted by atomic mass is 10.1. The molecule has 1 saturated heterocycles. The lowest BCUT2D eigenvalue weighted by molar-refractivity contribution is -0.155. The van der Waals surface area contributed by atoms with Crippen LogP contribution in [-0.2, 0) is 14.3 Å². The molecular formula is C15H22N6O5. The van der Waals surface area contributed by atoms with Crippen molar-refractivity contribution in [1.29, 1.82) is 0 Å². The molecule has 1 aliphatic rings. The van der Waals surface area contributed by atoms with Gasteiger partial charge in [-0.2, -0.15) is 4.98 Å². The van der Waals surface area contributed by atoms with Gasteiger partial charge in [-0.1, -0.05) is 13.8 Å². The summed E-state index contributed by atoms with van der Waals surface area (Å²) in [6, 6.07) is -0.762. The third kappa shape index (κ3) is 3.28. The number of rotatable bonds is 5. The van der Waals surface area contributed by atoms with Crippen molar-refractivity contribution in [2.45, 2.75) is 44.7 Å². The molecule has 1 aliphatic heterocycles. The minimum atomic E-state index is -0.762. The Bertz CT molecular complexity index is 862. The zero-order chi connectivity index (χ0) is 19.0. The number of anilines is 1. The van der Waals surface area contributed by atoms with Crippen LogP contribution >= 0.6 is 0 Å². The van der Waals surface area contributed by atoms with Crippen LogP contribution in [0.3, 0.4) is 0 Å². The van der Waals surface area contributed by atoms with E-state index in [-0.39, 0.29) is 36.1 Å². The molecule has 4 atom stereocenters. The molecule has 0 spiro atoms. The molecule has 0 amide bonds. The van der Waals surface area contributed by atoms with Crippen molar-refractivity contribution in [3.63, 3.8) is 0 Å². The van der Waals surface area contributed by atoms with Crippen LogP contribution in [0.15, 0.2) is 11.1 Å². The fourth-order valence-corrected chi connectivity index (χ4v) is 2.81. The molecule has 0 unspecified atom stereocenters. The SMILES string of the molecule is CC(C)[C@H](N)C(=O)O[C@@H]1C[C@H](n2cnc3c(=O)[nH]c(N)nc32)O[C@@H]1CO. The van der Waals surface area contributed by atoms with Crippen LogP contribution in [0.5, 0.6) is 0 Å². The first-order chi connectivity index (χ1) is 12.3. The average Bonchev–Trinajstić information content (AvgIpc) is 3.17. The van der Waals surface area contributed by atoms with Crippen LogP contribution in [0.4, 0.5) is 5.95 Å². The number of nitrogen functional groups attached to an aromatic ring is 1. The Morgan fingerprint density at radius 3 is 2.96 bits per heavy atom. The van der Waals surface area contributed by atoms with Gasteiger partial charge < -0.3 is 26.0 Å². The normalized spacial score (nSPS) is 24.3.